The smallest absolute Gasteiger partial charge is 0.227 e. The first kappa shape index (κ1) is 11.8. The van der Waals surface area contributed by atoms with Crippen molar-refractivity contribution in [1.29, 1.82) is 0 Å². The van der Waals surface area contributed by atoms with E-state index in [1.807, 2.05) is 31.2 Å². The number of anilines is 1. The van der Waals surface area contributed by atoms with Gasteiger partial charge in [0.1, 0.15) is 5.52 Å². The zero-order chi connectivity index (χ0) is 13.6. The third-order valence-electron chi connectivity index (χ3n) is 3.53. The van der Waals surface area contributed by atoms with Gasteiger partial charge in [0.25, 0.3) is 0 Å². The van der Waals surface area contributed by atoms with Gasteiger partial charge in [-0.2, -0.15) is 0 Å². The van der Waals surface area contributed by atoms with Gasteiger partial charge in [0.15, 0.2) is 5.58 Å². The van der Waals surface area contributed by atoms with Gasteiger partial charge in [-0.15, -0.1) is 0 Å². The highest BCUT2D eigenvalue weighted by Crippen LogP contribution is 2.28. The number of nitrogen functional groups attached to an aromatic ring is 1. The van der Waals surface area contributed by atoms with Crippen LogP contribution in [0.2, 0.25) is 0 Å². The molecule has 3 rings (SSSR count). The molecule has 0 aliphatic heterocycles. The maximum atomic E-state index is 5.93. The molecule has 3 nitrogen and oxygen atoms in total. The van der Waals surface area contributed by atoms with Gasteiger partial charge >= 0.3 is 0 Å². The summed E-state index contributed by atoms with van der Waals surface area (Å²) < 4.78 is 5.82. The summed E-state index contributed by atoms with van der Waals surface area (Å²) in [6, 6.07) is 9.94. The number of oxazole rings is 1. The number of hydrogen-bond acceptors (Lipinski definition) is 3. The van der Waals surface area contributed by atoms with Crippen LogP contribution in [0, 0.1) is 20.8 Å². The van der Waals surface area contributed by atoms with Crippen LogP contribution in [-0.4, -0.2) is 4.98 Å². The van der Waals surface area contributed by atoms with E-state index < -0.39 is 0 Å². The van der Waals surface area contributed by atoms with Crippen molar-refractivity contribution in [3.8, 4) is 11.5 Å². The van der Waals surface area contributed by atoms with Crippen LogP contribution in [-0.2, 0) is 0 Å². The molecule has 0 spiro atoms. The Morgan fingerprint density at radius 1 is 0.947 bits per heavy atom. The van der Waals surface area contributed by atoms with Crippen LogP contribution in [0.15, 0.2) is 34.7 Å². The lowest BCUT2D eigenvalue weighted by Gasteiger charge is -2.01. The summed E-state index contributed by atoms with van der Waals surface area (Å²) in [6.45, 7) is 6.13. The van der Waals surface area contributed by atoms with E-state index >= 15 is 0 Å². The van der Waals surface area contributed by atoms with Gasteiger partial charge in [-0.1, -0.05) is 6.07 Å². The highest BCUT2D eigenvalue weighted by atomic mass is 16.3. The fourth-order valence-corrected chi connectivity index (χ4v) is 2.08. The summed E-state index contributed by atoms with van der Waals surface area (Å²) >= 11 is 0. The van der Waals surface area contributed by atoms with E-state index in [1.54, 1.807) is 0 Å². The average Bonchev–Trinajstić information content (AvgIpc) is 2.76. The maximum absolute atomic E-state index is 5.93. The van der Waals surface area contributed by atoms with E-state index in [4.69, 9.17) is 10.2 Å². The molecule has 0 unspecified atom stereocenters. The van der Waals surface area contributed by atoms with E-state index in [0.29, 0.717) is 5.89 Å². The maximum Gasteiger partial charge on any atom is 0.227 e. The first-order chi connectivity index (χ1) is 9.04. The predicted molar refractivity (Wildman–Crippen MR) is 78.1 cm³/mol. The third kappa shape index (κ3) is 1.97. The molecule has 19 heavy (non-hydrogen) atoms. The minimum absolute atomic E-state index is 0.617. The Labute approximate surface area is 112 Å². The monoisotopic (exact) mass is 252 g/mol. The molecule has 1 heterocycles. The predicted octanol–water partition coefficient (Wildman–Crippen LogP) is 4.00. The van der Waals surface area contributed by atoms with E-state index in [-0.39, 0.29) is 0 Å². The molecule has 0 aliphatic carbocycles. The molecule has 2 N–H and O–H groups in total. The Morgan fingerprint density at radius 3 is 2.42 bits per heavy atom. The summed E-state index contributed by atoms with van der Waals surface area (Å²) in [4.78, 5) is 4.53. The number of fused-ring (bicyclic) bond motifs is 1. The Balaban J connectivity index is 2.17. The van der Waals surface area contributed by atoms with Crippen LogP contribution in [0.25, 0.3) is 22.6 Å². The molecule has 0 radical (unpaired) electrons. The van der Waals surface area contributed by atoms with Crippen LogP contribution in [0.5, 0.6) is 0 Å². The average molecular weight is 252 g/mol. The molecule has 1 aromatic heterocycles. The number of aryl methyl sites for hydroxylation is 3. The second-order valence-corrected chi connectivity index (χ2v) is 4.99. The van der Waals surface area contributed by atoms with Gasteiger partial charge < -0.3 is 10.2 Å². The molecule has 2 aromatic carbocycles. The molecule has 0 atom stereocenters. The molecule has 0 aliphatic rings. The number of aromatic nitrogens is 1. The number of benzene rings is 2. The van der Waals surface area contributed by atoms with Crippen LogP contribution in [0.3, 0.4) is 0 Å². The van der Waals surface area contributed by atoms with Gasteiger partial charge in [-0.05, 0) is 61.7 Å². The molecule has 0 bridgehead atoms. The van der Waals surface area contributed by atoms with Crippen LogP contribution < -0.4 is 5.73 Å². The molecule has 0 saturated heterocycles. The molecule has 3 aromatic rings. The van der Waals surface area contributed by atoms with E-state index in [1.165, 1.54) is 11.1 Å². The zero-order valence-electron chi connectivity index (χ0n) is 11.3. The number of hydrogen-bond donors (Lipinski definition) is 1. The second-order valence-electron chi connectivity index (χ2n) is 4.99. The van der Waals surface area contributed by atoms with Crippen molar-refractivity contribution >= 4 is 16.8 Å². The van der Waals surface area contributed by atoms with Gasteiger partial charge in [0.2, 0.25) is 5.89 Å². The fourth-order valence-electron chi connectivity index (χ4n) is 2.08. The first-order valence-electron chi connectivity index (χ1n) is 6.29. The van der Waals surface area contributed by atoms with E-state index in [2.05, 4.69) is 24.9 Å². The zero-order valence-corrected chi connectivity index (χ0v) is 11.3. The lowest BCUT2D eigenvalue weighted by atomic mass is 10.1. The topological polar surface area (TPSA) is 52.0 Å². The van der Waals surface area contributed by atoms with Gasteiger partial charge in [0, 0.05) is 11.3 Å². The molecular formula is C16H16N2O. The highest BCUT2D eigenvalue weighted by molar-refractivity contribution is 5.78. The summed E-state index contributed by atoms with van der Waals surface area (Å²) in [5.74, 6) is 0.617. The molecule has 0 saturated carbocycles. The van der Waals surface area contributed by atoms with Crippen LogP contribution in [0.1, 0.15) is 16.7 Å². The Bertz CT molecular complexity index is 733. The Hall–Kier alpha value is -2.29. The van der Waals surface area contributed by atoms with Crippen LogP contribution >= 0.6 is 0 Å². The van der Waals surface area contributed by atoms with E-state index in [9.17, 15) is 0 Å². The normalized spacial score (nSPS) is 11.1. The SMILES string of the molecule is Cc1cc2nc(-c3ccc(C)c(N)c3)oc2cc1C. The summed E-state index contributed by atoms with van der Waals surface area (Å²) in [5, 5.41) is 0. The van der Waals surface area contributed by atoms with Gasteiger partial charge in [-0.25, -0.2) is 4.98 Å². The Kier molecular flexibility index (Phi) is 2.56. The summed E-state index contributed by atoms with van der Waals surface area (Å²) in [6.07, 6.45) is 0. The standard InChI is InChI=1S/C16H16N2O/c1-9-4-5-12(8-13(9)17)16-18-14-6-10(2)11(3)7-15(14)19-16/h4-8H,17H2,1-3H3. The summed E-state index contributed by atoms with van der Waals surface area (Å²) in [7, 11) is 0. The minimum atomic E-state index is 0.617. The molecule has 0 fully saturated rings. The number of nitrogens with two attached hydrogens (primary N) is 1. The van der Waals surface area contributed by atoms with Crippen molar-refractivity contribution in [2.45, 2.75) is 20.8 Å². The largest absolute Gasteiger partial charge is 0.436 e. The van der Waals surface area contributed by atoms with Gasteiger partial charge in [-0.3, -0.25) is 0 Å². The minimum Gasteiger partial charge on any atom is -0.436 e. The fraction of sp³-hybridized carbons (Fsp3) is 0.188. The van der Waals surface area contributed by atoms with Crippen molar-refractivity contribution < 1.29 is 4.42 Å². The third-order valence-corrected chi connectivity index (χ3v) is 3.53. The summed E-state index contributed by atoms with van der Waals surface area (Å²) in [5.41, 5.74) is 12.8. The lowest BCUT2D eigenvalue weighted by molar-refractivity contribution is 0.619. The lowest BCUT2D eigenvalue weighted by Crippen LogP contribution is -1.89. The quantitative estimate of drug-likeness (QED) is 0.666. The number of rotatable bonds is 1. The molecule has 3 heteroatoms. The van der Waals surface area contributed by atoms with Crippen molar-refractivity contribution in [1.82, 2.24) is 4.98 Å². The van der Waals surface area contributed by atoms with E-state index in [0.717, 1.165) is 27.9 Å². The highest BCUT2D eigenvalue weighted by Gasteiger charge is 2.10. The molecular weight excluding hydrogens is 236 g/mol. The van der Waals surface area contributed by atoms with Crippen molar-refractivity contribution in [2.75, 3.05) is 5.73 Å². The van der Waals surface area contributed by atoms with Crippen molar-refractivity contribution in [2.24, 2.45) is 0 Å². The second kappa shape index (κ2) is 4.12. The first-order valence-corrected chi connectivity index (χ1v) is 6.29. The molecule has 0 amide bonds. The van der Waals surface area contributed by atoms with Crippen molar-refractivity contribution in [3.63, 3.8) is 0 Å². The van der Waals surface area contributed by atoms with Crippen molar-refractivity contribution in [3.05, 3.63) is 47.0 Å². The van der Waals surface area contributed by atoms with Crippen LogP contribution in [0.4, 0.5) is 5.69 Å². The number of nitrogens with zero attached hydrogens (tertiary/aromatic N) is 1. The van der Waals surface area contributed by atoms with Gasteiger partial charge in [0.05, 0.1) is 0 Å². The Morgan fingerprint density at radius 2 is 1.68 bits per heavy atom. The molecule has 96 valence electrons.